The van der Waals surface area contributed by atoms with Crippen LogP contribution in [0.15, 0.2) is 42.5 Å². The van der Waals surface area contributed by atoms with E-state index in [4.69, 9.17) is 10.5 Å². The third-order valence-electron chi connectivity index (χ3n) is 3.83. The molecule has 0 fully saturated rings. The molecule has 0 aliphatic carbocycles. The molecule has 4 nitrogen and oxygen atoms in total. The smallest absolute Gasteiger partial charge is 0.309 e. The van der Waals surface area contributed by atoms with Crippen molar-refractivity contribution in [2.24, 2.45) is 0 Å². The summed E-state index contributed by atoms with van der Waals surface area (Å²) in [6, 6.07) is 14.1. The fourth-order valence-electron chi connectivity index (χ4n) is 2.66. The SMILES string of the molecule is COC(=O)Cc1ccc2c(c1)CN(c1ccc(N)cc1)C2. The van der Waals surface area contributed by atoms with Gasteiger partial charge in [0.25, 0.3) is 0 Å². The lowest BCUT2D eigenvalue weighted by molar-refractivity contribution is -0.139. The highest BCUT2D eigenvalue weighted by atomic mass is 16.5. The second-order valence-electron chi connectivity index (χ2n) is 5.30. The minimum atomic E-state index is -0.205. The van der Waals surface area contributed by atoms with E-state index in [1.54, 1.807) is 0 Å². The van der Waals surface area contributed by atoms with E-state index in [0.717, 1.165) is 30.0 Å². The number of rotatable bonds is 3. The summed E-state index contributed by atoms with van der Waals surface area (Å²) in [5, 5.41) is 0. The number of methoxy groups -OCH3 is 1. The molecule has 2 N–H and O–H groups in total. The van der Waals surface area contributed by atoms with Gasteiger partial charge in [-0.05, 0) is 41.0 Å². The molecule has 0 unspecified atom stereocenters. The summed E-state index contributed by atoms with van der Waals surface area (Å²) < 4.78 is 4.71. The summed E-state index contributed by atoms with van der Waals surface area (Å²) in [7, 11) is 1.42. The Bertz CT molecular complexity index is 665. The van der Waals surface area contributed by atoms with Gasteiger partial charge < -0.3 is 15.4 Å². The zero-order valence-corrected chi connectivity index (χ0v) is 12.0. The van der Waals surface area contributed by atoms with Crippen molar-refractivity contribution in [1.82, 2.24) is 0 Å². The predicted molar refractivity (Wildman–Crippen MR) is 82.9 cm³/mol. The van der Waals surface area contributed by atoms with Gasteiger partial charge in [-0.25, -0.2) is 0 Å². The molecule has 0 saturated carbocycles. The fourth-order valence-corrected chi connectivity index (χ4v) is 2.66. The van der Waals surface area contributed by atoms with Gasteiger partial charge in [0.1, 0.15) is 0 Å². The molecule has 21 heavy (non-hydrogen) atoms. The first kappa shape index (κ1) is 13.5. The third-order valence-corrected chi connectivity index (χ3v) is 3.83. The monoisotopic (exact) mass is 282 g/mol. The van der Waals surface area contributed by atoms with Crippen molar-refractivity contribution in [2.75, 3.05) is 17.7 Å². The van der Waals surface area contributed by atoms with Crippen LogP contribution in [-0.4, -0.2) is 13.1 Å². The average Bonchev–Trinajstić information content (AvgIpc) is 2.91. The highest BCUT2D eigenvalue weighted by Crippen LogP contribution is 2.29. The molecule has 3 rings (SSSR count). The summed E-state index contributed by atoms with van der Waals surface area (Å²) in [6.45, 7) is 1.74. The predicted octanol–water partition coefficient (Wildman–Crippen LogP) is 2.50. The second-order valence-corrected chi connectivity index (χ2v) is 5.30. The molecule has 1 aliphatic heterocycles. The van der Waals surface area contributed by atoms with Crippen LogP contribution in [0.25, 0.3) is 0 Å². The van der Waals surface area contributed by atoms with E-state index in [0.29, 0.717) is 6.42 Å². The average molecular weight is 282 g/mol. The maximum atomic E-state index is 11.4. The number of anilines is 2. The van der Waals surface area contributed by atoms with Gasteiger partial charge in [-0.15, -0.1) is 0 Å². The summed E-state index contributed by atoms with van der Waals surface area (Å²) in [5.41, 5.74) is 11.2. The topological polar surface area (TPSA) is 55.6 Å². The first-order valence-corrected chi connectivity index (χ1v) is 6.93. The van der Waals surface area contributed by atoms with E-state index in [1.165, 1.54) is 18.2 Å². The minimum Gasteiger partial charge on any atom is -0.469 e. The van der Waals surface area contributed by atoms with Crippen molar-refractivity contribution < 1.29 is 9.53 Å². The van der Waals surface area contributed by atoms with Crippen molar-refractivity contribution in [2.45, 2.75) is 19.5 Å². The molecular formula is C17H18N2O2. The van der Waals surface area contributed by atoms with E-state index in [9.17, 15) is 4.79 Å². The summed E-state index contributed by atoms with van der Waals surface area (Å²) in [4.78, 5) is 13.7. The van der Waals surface area contributed by atoms with Crippen LogP contribution in [0.4, 0.5) is 11.4 Å². The molecule has 0 aromatic heterocycles. The maximum absolute atomic E-state index is 11.4. The van der Waals surface area contributed by atoms with E-state index in [1.807, 2.05) is 30.3 Å². The molecule has 1 heterocycles. The lowest BCUT2D eigenvalue weighted by Gasteiger charge is -2.17. The van der Waals surface area contributed by atoms with Crippen LogP contribution >= 0.6 is 0 Å². The highest BCUT2D eigenvalue weighted by Gasteiger charge is 2.19. The maximum Gasteiger partial charge on any atom is 0.309 e. The fraction of sp³-hybridized carbons (Fsp3) is 0.235. The normalized spacial score (nSPS) is 13.1. The van der Waals surface area contributed by atoms with Gasteiger partial charge >= 0.3 is 5.97 Å². The van der Waals surface area contributed by atoms with Crippen molar-refractivity contribution in [3.63, 3.8) is 0 Å². The molecule has 2 aromatic carbocycles. The first-order valence-electron chi connectivity index (χ1n) is 6.93. The number of hydrogen-bond acceptors (Lipinski definition) is 4. The largest absolute Gasteiger partial charge is 0.469 e. The minimum absolute atomic E-state index is 0.205. The Morgan fingerprint density at radius 1 is 1.14 bits per heavy atom. The van der Waals surface area contributed by atoms with Gasteiger partial charge in [-0.2, -0.15) is 0 Å². The molecule has 0 spiro atoms. The molecule has 0 saturated heterocycles. The number of nitrogens with two attached hydrogens (primary N) is 1. The van der Waals surface area contributed by atoms with Crippen molar-refractivity contribution in [1.29, 1.82) is 0 Å². The Morgan fingerprint density at radius 3 is 2.57 bits per heavy atom. The van der Waals surface area contributed by atoms with Gasteiger partial charge in [-0.1, -0.05) is 18.2 Å². The number of nitrogens with zero attached hydrogens (tertiary/aromatic N) is 1. The number of benzene rings is 2. The number of esters is 1. The zero-order chi connectivity index (χ0) is 14.8. The van der Waals surface area contributed by atoms with Gasteiger partial charge in [0.05, 0.1) is 13.5 Å². The van der Waals surface area contributed by atoms with Crippen LogP contribution in [0.1, 0.15) is 16.7 Å². The molecule has 2 aromatic rings. The van der Waals surface area contributed by atoms with Crippen molar-refractivity contribution in [3.05, 3.63) is 59.2 Å². The van der Waals surface area contributed by atoms with E-state index in [-0.39, 0.29) is 5.97 Å². The van der Waals surface area contributed by atoms with Crippen LogP contribution in [0.5, 0.6) is 0 Å². The van der Waals surface area contributed by atoms with Crippen LogP contribution in [0.3, 0.4) is 0 Å². The van der Waals surface area contributed by atoms with Crippen LogP contribution in [-0.2, 0) is 29.0 Å². The van der Waals surface area contributed by atoms with E-state index < -0.39 is 0 Å². The van der Waals surface area contributed by atoms with Crippen molar-refractivity contribution in [3.8, 4) is 0 Å². The standard InChI is InChI=1S/C17H18N2O2/c1-21-17(20)9-12-2-3-13-10-19(11-14(13)8-12)16-6-4-15(18)5-7-16/h2-8H,9-11,18H2,1H3. The quantitative estimate of drug-likeness (QED) is 0.694. The van der Waals surface area contributed by atoms with E-state index in [2.05, 4.69) is 17.0 Å². The summed E-state index contributed by atoms with van der Waals surface area (Å²) >= 11 is 0. The number of ether oxygens (including phenoxy) is 1. The number of hydrogen-bond donors (Lipinski definition) is 1. The Balaban J connectivity index is 1.77. The van der Waals surface area contributed by atoms with Gasteiger partial charge in [0, 0.05) is 24.5 Å². The number of fused-ring (bicyclic) bond motifs is 1. The highest BCUT2D eigenvalue weighted by molar-refractivity contribution is 5.72. The molecular weight excluding hydrogens is 264 g/mol. The lowest BCUT2D eigenvalue weighted by Crippen LogP contribution is -2.14. The van der Waals surface area contributed by atoms with Crippen LogP contribution < -0.4 is 10.6 Å². The van der Waals surface area contributed by atoms with Crippen LogP contribution in [0.2, 0.25) is 0 Å². The van der Waals surface area contributed by atoms with Gasteiger partial charge in [-0.3, -0.25) is 4.79 Å². The van der Waals surface area contributed by atoms with Crippen LogP contribution in [0, 0.1) is 0 Å². The van der Waals surface area contributed by atoms with Gasteiger partial charge in [0.2, 0.25) is 0 Å². The Labute approximate surface area is 124 Å². The number of carbonyl (C=O) groups is 1. The summed E-state index contributed by atoms with van der Waals surface area (Å²) in [5.74, 6) is -0.205. The molecule has 4 heteroatoms. The molecule has 0 amide bonds. The first-order chi connectivity index (χ1) is 10.2. The molecule has 0 bridgehead atoms. The molecule has 0 radical (unpaired) electrons. The third kappa shape index (κ3) is 2.84. The Kier molecular flexibility index (Phi) is 3.52. The zero-order valence-electron chi connectivity index (χ0n) is 12.0. The second kappa shape index (κ2) is 5.48. The number of carbonyl (C=O) groups excluding carboxylic acids is 1. The molecule has 1 aliphatic rings. The Hall–Kier alpha value is -2.49. The Morgan fingerprint density at radius 2 is 1.86 bits per heavy atom. The number of nitrogen functional groups attached to an aromatic ring is 1. The molecule has 108 valence electrons. The summed E-state index contributed by atoms with van der Waals surface area (Å²) in [6.07, 6.45) is 0.325. The van der Waals surface area contributed by atoms with E-state index >= 15 is 0 Å². The van der Waals surface area contributed by atoms with Gasteiger partial charge in [0.15, 0.2) is 0 Å². The lowest BCUT2D eigenvalue weighted by atomic mass is 10.0. The van der Waals surface area contributed by atoms with Crippen molar-refractivity contribution >= 4 is 17.3 Å². The molecule has 0 atom stereocenters.